The molecule has 0 aliphatic heterocycles. The van der Waals surface area contributed by atoms with Crippen molar-refractivity contribution in [3.63, 3.8) is 0 Å². The van der Waals surface area contributed by atoms with Crippen molar-refractivity contribution in [2.24, 2.45) is 0 Å². The highest BCUT2D eigenvalue weighted by molar-refractivity contribution is 14.1. The Bertz CT molecular complexity index is 268. The number of hydrogen-bond donors (Lipinski definition) is 2. The van der Waals surface area contributed by atoms with E-state index in [1.54, 1.807) is 0 Å². The van der Waals surface area contributed by atoms with Gasteiger partial charge >= 0.3 is 5.97 Å². The highest BCUT2D eigenvalue weighted by Crippen LogP contribution is 2.28. The molecule has 1 aromatic heterocycles. The Labute approximate surface area is 74.4 Å². The lowest BCUT2D eigenvalue weighted by molar-refractivity contribution is 0.0699. The van der Waals surface area contributed by atoms with E-state index in [-0.39, 0.29) is 10.6 Å². The fourth-order valence-corrected chi connectivity index (χ4v) is 2.08. The van der Waals surface area contributed by atoms with Crippen LogP contribution in [0.2, 0.25) is 0 Å². The molecule has 0 aliphatic rings. The van der Waals surface area contributed by atoms with Gasteiger partial charge in [0, 0.05) is 6.07 Å². The summed E-state index contributed by atoms with van der Waals surface area (Å²) in [5, 5.41) is 17.4. The summed E-state index contributed by atoms with van der Waals surface area (Å²) in [6.07, 6.45) is 0. The van der Waals surface area contributed by atoms with Crippen LogP contribution in [0.15, 0.2) is 6.07 Å². The van der Waals surface area contributed by atoms with Crippen molar-refractivity contribution in [1.29, 1.82) is 0 Å². The molecule has 0 radical (unpaired) electrons. The average Bonchev–Trinajstić information content (AvgIpc) is 2.10. The number of carboxylic acids is 1. The van der Waals surface area contributed by atoms with Crippen molar-refractivity contribution in [1.82, 2.24) is 0 Å². The Morgan fingerprint density at radius 1 is 1.70 bits per heavy atom. The van der Waals surface area contributed by atoms with E-state index in [0.29, 0.717) is 0 Å². The SMILES string of the molecule is O=C(O)c1sc(I)cc1O. The van der Waals surface area contributed by atoms with E-state index < -0.39 is 5.97 Å². The first-order valence-corrected chi connectivity index (χ1v) is 4.22. The minimum absolute atomic E-state index is 0.00407. The molecule has 0 fully saturated rings. The van der Waals surface area contributed by atoms with Gasteiger partial charge in [0.2, 0.25) is 0 Å². The summed E-state index contributed by atoms with van der Waals surface area (Å²) in [7, 11) is 0. The first-order valence-electron chi connectivity index (χ1n) is 2.33. The van der Waals surface area contributed by atoms with E-state index in [1.165, 1.54) is 6.07 Å². The fourth-order valence-electron chi connectivity index (χ4n) is 0.506. The summed E-state index contributed by atoms with van der Waals surface area (Å²) in [6, 6.07) is 1.43. The molecule has 2 N–H and O–H groups in total. The molecule has 0 aromatic carbocycles. The molecular formula is C5H3IO3S. The molecule has 0 saturated heterocycles. The Hall–Kier alpha value is -0.300. The predicted octanol–water partition coefficient (Wildman–Crippen LogP) is 1.76. The van der Waals surface area contributed by atoms with Gasteiger partial charge in [0.15, 0.2) is 4.88 Å². The first-order chi connectivity index (χ1) is 4.61. The predicted molar refractivity (Wildman–Crippen MR) is 45.7 cm³/mol. The van der Waals surface area contributed by atoms with Crippen molar-refractivity contribution in [3.05, 3.63) is 13.8 Å². The molecule has 1 rings (SSSR count). The molecule has 1 heterocycles. The van der Waals surface area contributed by atoms with E-state index >= 15 is 0 Å². The lowest BCUT2D eigenvalue weighted by atomic mass is 10.4. The molecule has 0 aliphatic carbocycles. The van der Waals surface area contributed by atoms with Crippen LogP contribution in [-0.2, 0) is 0 Å². The second-order valence-corrected chi connectivity index (χ2v) is 4.52. The smallest absolute Gasteiger partial charge is 0.349 e. The number of halogens is 1. The molecule has 0 saturated carbocycles. The van der Waals surface area contributed by atoms with Crippen molar-refractivity contribution in [2.45, 2.75) is 0 Å². The maximum Gasteiger partial charge on any atom is 0.349 e. The van der Waals surface area contributed by atoms with Crippen molar-refractivity contribution < 1.29 is 15.0 Å². The van der Waals surface area contributed by atoms with Crippen LogP contribution in [0.5, 0.6) is 5.75 Å². The van der Waals surface area contributed by atoms with E-state index in [4.69, 9.17) is 10.2 Å². The maximum absolute atomic E-state index is 10.3. The normalized spacial score (nSPS) is 9.70. The van der Waals surface area contributed by atoms with Crippen molar-refractivity contribution in [3.8, 4) is 5.75 Å². The van der Waals surface area contributed by atoms with Crippen LogP contribution < -0.4 is 0 Å². The third-order valence-corrected chi connectivity index (χ3v) is 2.75. The summed E-state index contributed by atoms with van der Waals surface area (Å²) < 4.78 is 0.771. The zero-order valence-electron chi connectivity index (χ0n) is 4.67. The number of carbonyl (C=O) groups is 1. The number of rotatable bonds is 1. The van der Waals surface area contributed by atoms with E-state index in [1.807, 2.05) is 22.6 Å². The summed E-state index contributed by atoms with van der Waals surface area (Å²) in [6.45, 7) is 0. The Kier molecular flexibility index (Phi) is 2.14. The molecule has 5 heteroatoms. The van der Waals surface area contributed by atoms with Crippen LogP contribution in [0.4, 0.5) is 0 Å². The number of aromatic carboxylic acids is 1. The van der Waals surface area contributed by atoms with Crippen molar-refractivity contribution >= 4 is 39.9 Å². The number of hydrogen-bond acceptors (Lipinski definition) is 3. The lowest BCUT2D eigenvalue weighted by Crippen LogP contribution is -1.90. The summed E-state index contributed by atoms with van der Waals surface area (Å²) in [5.74, 6) is -1.23. The van der Waals surface area contributed by atoms with Gasteiger partial charge in [-0.05, 0) is 22.6 Å². The van der Waals surface area contributed by atoms with Gasteiger partial charge in [0.1, 0.15) is 5.75 Å². The monoisotopic (exact) mass is 270 g/mol. The summed E-state index contributed by atoms with van der Waals surface area (Å²) in [4.78, 5) is 10.3. The third-order valence-electron chi connectivity index (χ3n) is 0.877. The maximum atomic E-state index is 10.3. The molecule has 1 aromatic rings. The molecule has 10 heavy (non-hydrogen) atoms. The molecule has 0 atom stereocenters. The second-order valence-electron chi connectivity index (χ2n) is 1.57. The van der Waals surface area contributed by atoms with Gasteiger partial charge < -0.3 is 10.2 Å². The van der Waals surface area contributed by atoms with Gasteiger partial charge in [0.25, 0.3) is 0 Å². The lowest BCUT2D eigenvalue weighted by Gasteiger charge is -1.85. The van der Waals surface area contributed by atoms with Gasteiger partial charge in [-0.1, -0.05) is 0 Å². The standard InChI is InChI=1S/C5H3IO3S/c6-3-1-2(7)4(10-3)5(8)9/h1,7H,(H,8,9). The molecule has 0 spiro atoms. The minimum Gasteiger partial charge on any atom is -0.506 e. The number of aromatic hydroxyl groups is 1. The van der Waals surface area contributed by atoms with E-state index in [2.05, 4.69) is 0 Å². The Morgan fingerprint density at radius 3 is 2.50 bits per heavy atom. The van der Waals surface area contributed by atoms with Gasteiger partial charge in [-0.3, -0.25) is 0 Å². The topological polar surface area (TPSA) is 57.5 Å². The molecule has 54 valence electrons. The quantitative estimate of drug-likeness (QED) is 0.764. The van der Waals surface area contributed by atoms with Gasteiger partial charge in [-0.25, -0.2) is 4.79 Å². The van der Waals surface area contributed by atoms with Crippen LogP contribution in [0.3, 0.4) is 0 Å². The minimum atomic E-state index is -1.08. The van der Waals surface area contributed by atoms with Crippen LogP contribution >= 0.6 is 33.9 Å². The average molecular weight is 270 g/mol. The van der Waals surface area contributed by atoms with Gasteiger partial charge in [-0.2, -0.15) is 0 Å². The third kappa shape index (κ3) is 1.40. The number of carboxylic acid groups (broad SMARTS) is 1. The van der Waals surface area contributed by atoms with Crippen molar-refractivity contribution in [2.75, 3.05) is 0 Å². The van der Waals surface area contributed by atoms with Gasteiger partial charge in [0.05, 0.1) is 2.88 Å². The van der Waals surface area contributed by atoms with Gasteiger partial charge in [-0.15, -0.1) is 11.3 Å². The van der Waals surface area contributed by atoms with Crippen LogP contribution in [0, 0.1) is 2.88 Å². The Morgan fingerprint density at radius 2 is 2.30 bits per heavy atom. The summed E-state index contributed by atoms with van der Waals surface area (Å²) in [5.41, 5.74) is 0. The van der Waals surface area contributed by atoms with Crippen LogP contribution in [0.25, 0.3) is 0 Å². The zero-order chi connectivity index (χ0) is 7.72. The number of thiophene rings is 1. The molecule has 0 bridgehead atoms. The molecule has 0 unspecified atom stereocenters. The highest BCUT2D eigenvalue weighted by atomic mass is 127. The first kappa shape index (κ1) is 7.80. The van der Waals surface area contributed by atoms with Crippen LogP contribution in [-0.4, -0.2) is 16.2 Å². The zero-order valence-corrected chi connectivity index (χ0v) is 7.64. The molecule has 3 nitrogen and oxygen atoms in total. The van der Waals surface area contributed by atoms with E-state index in [0.717, 1.165) is 14.2 Å². The summed E-state index contributed by atoms with van der Waals surface area (Å²) >= 11 is 3.01. The Balaban J connectivity index is 3.15. The molecule has 0 amide bonds. The molecular weight excluding hydrogens is 267 g/mol. The second kappa shape index (κ2) is 2.75. The highest BCUT2D eigenvalue weighted by Gasteiger charge is 2.12. The van der Waals surface area contributed by atoms with E-state index in [9.17, 15) is 4.79 Å². The largest absolute Gasteiger partial charge is 0.506 e. The fraction of sp³-hybridized carbons (Fsp3) is 0. The van der Waals surface area contributed by atoms with Crippen LogP contribution in [0.1, 0.15) is 9.67 Å².